The number of hydrogen-bond donors (Lipinski definition) is 1. The molecule has 0 amide bonds. The Morgan fingerprint density at radius 3 is 2.74 bits per heavy atom. The van der Waals surface area contributed by atoms with Gasteiger partial charge in [0, 0.05) is 29.9 Å². The number of nitrogens with zero attached hydrogens (tertiary/aromatic N) is 3. The molecule has 0 aliphatic heterocycles. The van der Waals surface area contributed by atoms with Crippen molar-refractivity contribution in [3.63, 3.8) is 0 Å². The first-order valence-corrected chi connectivity index (χ1v) is 8.40. The van der Waals surface area contributed by atoms with Crippen LogP contribution in [-0.2, 0) is 6.54 Å². The molecule has 2 aromatic heterocycles. The second-order valence-electron chi connectivity index (χ2n) is 6.45. The van der Waals surface area contributed by atoms with Crippen molar-refractivity contribution < 1.29 is 4.74 Å². The largest absolute Gasteiger partial charge is 0.477 e. The van der Waals surface area contributed by atoms with Crippen LogP contribution in [0.5, 0.6) is 5.88 Å². The van der Waals surface area contributed by atoms with Gasteiger partial charge in [0.1, 0.15) is 0 Å². The molecule has 0 unspecified atom stereocenters. The average molecular weight is 316 g/mol. The first kappa shape index (κ1) is 17.5. The summed E-state index contributed by atoms with van der Waals surface area (Å²) in [7, 11) is 2.15. The van der Waals surface area contributed by atoms with Gasteiger partial charge in [-0.2, -0.15) is 5.10 Å². The lowest BCUT2D eigenvalue weighted by molar-refractivity contribution is 0.261. The summed E-state index contributed by atoms with van der Waals surface area (Å²) in [6.07, 6.45) is 6.18. The fourth-order valence-corrected chi connectivity index (χ4v) is 2.34. The quantitative estimate of drug-likeness (QED) is 0.765. The molecule has 2 aromatic rings. The van der Waals surface area contributed by atoms with E-state index >= 15 is 0 Å². The van der Waals surface area contributed by atoms with E-state index in [1.165, 1.54) is 18.4 Å². The Kier molecular flexibility index (Phi) is 6.59. The van der Waals surface area contributed by atoms with E-state index in [2.05, 4.69) is 47.9 Å². The Morgan fingerprint density at radius 2 is 2.09 bits per heavy atom. The molecule has 5 nitrogen and oxygen atoms in total. The fraction of sp³-hybridized carbons (Fsp3) is 0.556. The topological polar surface area (TPSA) is 54.0 Å². The van der Waals surface area contributed by atoms with Crippen molar-refractivity contribution in [3.8, 4) is 17.1 Å². The van der Waals surface area contributed by atoms with Gasteiger partial charge >= 0.3 is 0 Å². The molecule has 2 heterocycles. The van der Waals surface area contributed by atoms with E-state index in [1.807, 2.05) is 24.5 Å². The molecule has 0 spiro atoms. The SMILES string of the molecule is CCCCN(C)Cc1cn[nH]c1-c1ccc(OCC(C)C)nc1. The molecule has 0 radical (unpaired) electrons. The van der Waals surface area contributed by atoms with E-state index in [0.717, 1.165) is 24.3 Å². The van der Waals surface area contributed by atoms with Gasteiger partial charge in [-0.1, -0.05) is 27.2 Å². The highest BCUT2D eigenvalue weighted by Gasteiger charge is 2.11. The lowest BCUT2D eigenvalue weighted by atomic mass is 10.1. The Bertz CT molecular complexity index is 577. The number of aromatic nitrogens is 3. The van der Waals surface area contributed by atoms with Crippen LogP contribution in [-0.4, -0.2) is 40.3 Å². The predicted molar refractivity (Wildman–Crippen MR) is 93.4 cm³/mol. The minimum atomic E-state index is 0.495. The van der Waals surface area contributed by atoms with Crippen molar-refractivity contribution >= 4 is 0 Å². The summed E-state index contributed by atoms with van der Waals surface area (Å²) in [6, 6.07) is 3.95. The molecule has 0 aliphatic rings. The molecular weight excluding hydrogens is 288 g/mol. The van der Waals surface area contributed by atoms with Gasteiger partial charge in [0.15, 0.2) is 0 Å². The summed E-state index contributed by atoms with van der Waals surface area (Å²) >= 11 is 0. The van der Waals surface area contributed by atoms with Crippen molar-refractivity contribution in [2.75, 3.05) is 20.2 Å². The smallest absolute Gasteiger partial charge is 0.213 e. The summed E-state index contributed by atoms with van der Waals surface area (Å²) in [4.78, 5) is 6.72. The van der Waals surface area contributed by atoms with Crippen LogP contribution >= 0.6 is 0 Å². The molecule has 0 aliphatic carbocycles. The van der Waals surface area contributed by atoms with E-state index < -0.39 is 0 Å². The molecule has 2 rings (SSSR count). The monoisotopic (exact) mass is 316 g/mol. The van der Waals surface area contributed by atoms with Gasteiger partial charge in [-0.3, -0.25) is 5.10 Å². The third-order valence-corrected chi connectivity index (χ3v) is 3.64. The van der Waals surface area contributed by atoms with Crippen molar-refractivity contribution in [2.45, 2.75) is 40.2 Å². The average Bonchev–Trinajstić information content (AvgIpc) is 2.99. The second-order valence-corrected chi connectivity index (χ2v) is 6.45. The third kappa shape index (κ3) is 5.36. The zero-order valence-corrected chi connectivity index (χ0v) is 14.7. The van der Waals surface area contributed by atoms with Crippen LogP contribution in [0.4, 0.5) is 0 Å². The minimum absolute atomic E-state index is 0.495. The Hall–Kier alpha value is -1.88. The molecule has 0 saturated carbocycles. The maximum Gasteiger partial charge on any atom is 0.213 e. The van der Waals surface area contributed by atoms with Crippen molar-refractivity contribution in [1.29, 1.82) is 0 Å². The number of rotatable bonds is 9. The fourth-order valence-electron chi connectivity index (χ4n) is 2.34. The molecule has 0 aromatic carbocycles. The summed E-state index contributed by atoms with van der Waals surface area (Å²) in [5, 5.41) is 7.30. The van der Waals surface area contributed by atoms with E-state index in [1.54, 1.807) is 0 Å². The Labute approximate surface area is 139 Å². The number of nitrogens with one attached hydrogen (secondary N) is 1. The van der Waals surface area contributed by atoms with Gasteiger partial charge < -0.3 is 9.64 Å². The Morgan fingerprint density at radius 1 is 1.26 bits per heavy atom. The van der Waals surface area contributed by atoms with Crippen molar-refractivity contribution in [1.82, 2.24) is 20.1 Å². The van der Waals surface area contributed by atoms with Crippen LogP contribution in [0.2, 0.25) is 0 Å². The lowest BCUT2D eigenvalue weighted by Gasteiger charge is -2.16. The molecule has 126 valence electrons. The number of ether oxygens (including phenoxy) is 1. The third-order valence-electron chi connectivity index (χ3n) is 3.64. The summed E-state index contributed by atoms with van der Waals surface area (Å²) in [6.45, 7) is 9.13. The molecule has 1 N–H and O–H groups in total. The molecule has 23 heavy (non-hydrogen) atoms. The first-order valence-electron chi connectivity index (χ1n) is 8.40. The molecule has 5 heteroatoms. The van der Waals surface area contributed by atoms with E-state index in [9.17, 15) is 0 Å². The highest BCUT2D eigenvalue weighted by molar-refractivity contribution is 5.61. The zero-order chi connectivity index (χ0) is 16.7. The van der Waals surface area contributed by atoms with Gasteiger partial charge in [0.25, 0.3) is 0 Å². The number of hydrogen-bond acceptors (Lipinski definition) is 4. The van der Waals surface area contributed by atoms with E-state index in [0.29, 0.717) is 18.4 Å². The normalized spacial score (nSPS) is 11.4. The number of H-pyrrole nitrogens is 1. The maximum absolute atomic E-state index is 5.63. The molecule has 0 bridgehead atoms. The van der Waals surface area contributed by atoms with Gasteiger partial charge in [-0.15, -0.1) is 0 Å². The van der Waals surface area contributed by atoms with Gasteiger partial charge in [0.05, 0.1) is 18.5 Å². The van der Waals surface area contributed by atoms with E-state index in [4.69, 9.17) is 4.74 Å². The molecule has 0 atom stereocenters. The van der Waals surface area contributed by atoms with Crippen molar-refractivity contribution in [3.05, 3.63) is 30.1 Å². The molecular formula is C18H28N4O. The standard InChI is InChI=1S/C18H28N4O/c1-5-6-9-22(4)12-16-11-20-21-18(16)15-7-8-17(19-10-15)23-13-14(2)3/h7-8,10-11,14H,5-6,9,12-13H2,1-4H3,(H,20,21). The highest BCUT2D eigenvalue weighted by atomic mass is 16.5. The summed E-state index contributed by atoms with van der Waals surface area (Å²) in [5.74, 6) is 1.16. The number of aromatic amines is 1. The van der Waals surface area contributed by atoms with Gasteiger partial charge in [0.2, 0.25) is 5.88 Å². The lowest BCUT2D eigenvalue weighted by Crippen LogP contribution is -2.19. The second kappa shape index (κ2) is 8.67. The zero-order valence-electron chi connectivity index (χ0n) is 14.7. The van der Waals surface area contributed by atoms with E-state index in [-0.39, 0.29) is 0 Å². The molecule has 0 fully saturated rings. The number of pyridine rings is 1. The van der Waals surface area contributed by atoms with Crippen LogP contribution in [0.3, 0.4) is 0 Å². The van der Waals surface area contributed by atoms with Crippen LogP contribution in [0.15, 0.2) is 24.5 Å². The van der Waals surface area contributed by atoms with Crippen LogP contribution < -0.4 is 4.74 Å². The van der Waals surface area contributed by atoms with Crippen LogP contribution in [0.1, 0.15) is 39.2 Å². The van der Waals surface area contributed by atoms with Gasteiger partial charge in [-0.25, -0.2) is 4.98 Å². The predicted octanol–water partition coefficient (Wildman–Crippen LogP) is 3.74. The molecule has 0 saturated heterocycles. The van der Waals surface area contributed by atoms with Crippen molar-refractivity contribution in [2.24, 2.45) is 5.92 Å². The van der Waals surface area contributed by atoms with Crippen LogP contribution in [0.25, 0.3) is 11.3 Å². The minimum Gasteiger partial charge on any atom is -0.477 e. The van der Waals surface area contributed by atoms with Crippen LogP contribution in [0, 0.1) is 5.92 Å². The summed E-state index contributed by atoms with van der Waals surface area (Å²) in [5.41, 5.74) is 3.27. The van der Waals surface area contributed by atoms with Gasteiger partial charge in [-0.05, 0) is 32.0 Å². The highest BCUT2D eigenvalue weighted by Crippen LogP contribution is 2.23. The summed E-state index contributed by atoms with van der Waals surface area (Å²) < 4.78 is 5.63. The Balaban J connectivity index is 2.03. The first-order chi connectivity index (χ1) is 11.1. The number of unbranched alkanes of at least 4 members (excludes halogenated alkanes) is 1. The maximum atomic E-state index is 5.63.